The zero-order chi connectivity index (χ0) is 14.7. The molecule has 2 aromatic rings. The maximum absolute atomic E-state index is 12.0. The fourth-order valence-electron chi connectivity index (χ4n) is 1.89. The Bertz CT molecular complexity index is 690. The Morgan fingerprint density at radius 3 is 2.80 bits per heavy atom. The van der Waals surface area contributed by atoms with Crippen molar-refractivity contribution in [3.63, 3.8) is 0 Å². The molecule has 0 aliphatic carbocycles. The van der Waals surface area contributed by atoms with Gasteiger partial charge in [-0.15, -0.1) is 0 Å². The van der Waals surface area contributed by atoms with Crippen molar-refractivity contribution in [3.05, 3.63) is 50.6 Å². The average Bonchev–Trinajstić information content (AvgIpc) is 2.81. The van der Waals surface area contributed by atoms with Gasteiger partial charge in [-0.05, 0) is 19.1 Å². The molecule has 0 amide bonds. The maximum Gasteiger partial charge on any atom is 0.346 e. The Kier molecular flexibility index (Phi) is 4.39. The van der Waals surface area contributed by atoms with Crippen molar-refractivity contribution in [2.75, 3.05) is 7.11 Å². The van der Waals surface area contributed by atoms with Gasteiger partial charge in [0, 0.05) is 16.6 Å². The Morgan fingerprint density at radius 1 is 1.45 bits per heavy atom. The van der Waals surface area contributed by atoms with Gasteiger partial charge in [0.15, 0.2) is 0 Å². The van der Waals surface area contributed by atoms with Crippen LogP contribution in [-0.4, -0.2) is 27.4 Å². The van der Waals surface area contributed by atoms with Crippen LogP contribution in [0.15, 0.2) is 33.8 Å². The van der Waals surface area contributed by atoms with E-state index in [9.17, 15) is 9.59 Å². The Balaban J connectivity index is 2.45. The van der Waals surface area contributed by atoms with Crippen LogP contribution in [0.4, 0.5) is 0 Å². The molecule has 0 aliphatic rings. The zero-order valence-corrected chi connectivity index (χ0v) is 12.8. The molecule has 20 heavy (non-hydrogen) atoms. The maximum atomic E-state index is 12.0. The molecular weight excluding hydrogens is 326 g/mol. The first-order valence-corrected chi connectivity index (χ1v) is 6.85. The molecule has 0 spiro atoms. The fraction of sp³-hybridized carbons (Fsp3) is 0.308. The van der Waals surface area contributed by atoms with Gasteiger partial charge in [0.25, 0.3) is 0 Å². The molecule has 0 unspecified atom stereocenters. The lowest BCUT2D eigenvalue weighted by Crippen LogP contribution is -2.25. The Labute approximate surface area is 124 Å². The van der Waals surface area contributed by atoms with Gasteiger partial charge < -0.3 is 4.74 Å². The number of aryl methyl sites for hydroxylation is 1. The van der Waals surface area contributed by atoms with Crippen LogP contribution in [0.1, 0.15) is 22.8 Å². The number of rotatable bonds is 4. The van der Waals surface area contributed by atoms with Crippen molar-refractivity contribution < 1.29 is 9.53 Å². The standard InChI is InChI=1S/C13H14BrN3O3/c1-3-17-13(19)16(8-15-17)7-10-9(12(18)20-2)5-4-6-11(10)14/h4-6,8H,3,7H2,1-2H3. The molecule has 106 valence electrons. The smallest absolute Gasteiger partial charge is 0.346 e. The highest BCUT2D eigenvalue weighted by molar-refractivity contribution is 9.10. The fourth-order valence-corrected chi connectivity index (χ4v) is 2.38. The van der Waals surface area contributed by atoms with E-state index in [1.165, 1.54) is 22.7 Å². The molecule has 0 saturated heterocycles. The summed E-state index contributed by atoms with van der Waals surface area (Å²) < 4.78 is 8.32. The molecule has 2 rings (SSSR count). The number of benzene rings is 1. The van der Waals surface area contributed by atoms with Crippen molar-refractivity contribution in [1.29, 1.82) is 0 Å². The van der Waals surface area contributed by atoms with E-state index in [0.717, 1.165) is 4.47 Å². The van der Waals surface area contributed by atoms with Crippen molar-refractivity contribution in [1.82, 2.24) is 14.3 Å². The van der Waals surface area contributed by atoms with E-state index in [0.29, 0.717) is 17.7 Å². The quantitative estimate of drug-likeness (QED) is 0.794. The topological polar surface area (TPSA) is 66.1 Å². The number of methoxy groups -OCH3 is 1. The largest absolute Gasteiger partial charge is 0.465 e. The van der Waals surface area contributed by atoms with Gasteiger partial charge in [-0.2, -0.15) is 5.10 Å². The number of nitrogens with zero attached hydrogens (tertiary/aromatic N) is 3. The second kappa shape index (κ2) is 6.04. The molecule has 0 atom stereocenters. The molecule has 1 aromatic carbocycles. The van der Waals surface area contributed by atoms with E-state index in [1.54, 1.807) is 12.1 Å². The third-order valence-corrected chi connectivity index (χ3v) is 3.69. The van der Waals surface area contributed by atoms with Crippen LogP contribution in [0.3, 0.4) is 0 Å². The van der Waals surface area contributed by atoms with Gasteiger partial charge >= 0.3 is 11.7 Å². The second-order valence-electron chi connectivity index (χ2n) is 4.11. The summed E-state index contributed by atoms with van der Waals surface area (Å²) in [5.74, 6) is -0.433. The minimum absolute atomic E-state index is 0.209. The average molecular weight is 340 g/mol. The summed E-state index contributed by atoms with van der Waals surface area (Å²) in [6.07, 6.45) is 1.46. The molecule has 0 fully saturated rings. The molecular formula is C13H14BrN3O3. The van der Waals surface area contributed by atoms with Crippen LogP contribution in [0.5, 0.6) is 0 Å². The number of carbonyl (C=O) groups is 1. The first-order valence-electron chi connectivity index (χ1n) is 6.06. The van der Waals surface area contributed by atoms with Gasteiger partial charge in [0.2, 0.25) is 0 Å². The second-order valence-corrected chi connectivity index (χ2v) is 4.97. The van der Waals surface area contributed by atoms with Crippen molar-refractivity contribution in [3.8, 4) is 0 Å². The predicted molar refractivity (Wildman–Crippen MR) is 76.7 cm³/mol. The summed E-state index contributed by atoms with van der Waals surface area (Å²) in [6, 6.07) is 5.23. The summed E-state index contributed by atoms with van der Waals surface area (Å²) in [4.78, 5) is 23.8. The summed E-state index contributed by atoms with van der Waals surface area (Å²) in [5, 5.41) is 3.99. The Morgan fingerprint density at radius 2 is 2.20 bits per heavy atom. The molecule has 0 bridgehead atoms. The summed E-state index contributed by atoms with van der Waals surface area (Å²) in [6.45, 7) is 2.60. The SMILES string of the molecule is CCn1ncn(Cc2c(Br)cccc2C(=O)OC)c1=O. The van der Waals surface area contributed by atoms with E-state index in [1.807, 2.05) is 13.0 Å². The highest BCUT2D eigenvalue weighted by Crippen LogP contribution is 2.22. The molecule has 0 N–H and O–H groups in total. The predicted octanol–water partition coefficient (Wildman–Crippen LogP) is 1.66. The summed E-state index contributed by atoms with van der Waals surface area (Å²) in [5.41, 5.74) is 0.911. The summed E-state index contributed by atoms with van der Waals surface area (Å²) >= 11 is 3.40. The van der Waals surface area contributed by atoms with E-state index in [-0.39, 0.29) is 12.2 Å². The minimum Gasteiger partial charge on any atom is -0.465 e. The molecule has 1 aromatic heterocycles. The van der Waals surface area contributed by atoms with Gasteiger partial charge in [-0.1, -0.05) is 22.0 Å². The number of aromatic nitrogens is 3. The number of ether oxygens (including phenoxy) is 1. The Hall–Kier alpha value is -1.89. The van der Waals surface area contributed by atoms with Crippen LogP contribution in [-0.2, 0) is 17.8 Å². The third-order valence-electron chi connectivity index (χ3n) is 2.95. The van der Waals surface area contributed by atoms with Crippen LogP contribution in [0, 0.1) is 0 Å². The van der Waals surface area contributed by atoms with Gasteiger partial charge in [-0.3, -0.25) is 4.57 Å². The van der Waals surface area contributed by atoms with Crippen molar-refractivity contribution in [2.45, 2.75) is 20.0 Å². The molecule has 1 heterocycles. The first-order chi connectivity index (χ1) is 9.58. The van der Waals surface area contributed by atoms with Crippen LogP contribution in [0.25, 0.3) is 0 Å². The molecule has 6 nitrogen and oxygen atoms in total. The molecule has 0 saturated carbocycles. The molecule has 0 aliphatic heterocycles. The lowest BCUT2D eigenvalue weighted by Gasteiger charge is -2.10. The van der Waals surface area contributed by atoms with Gasteiger partial charge in [-0.25, -0.2) is 14.3 Å². The van der Waals surface area contributed by atoms with E-state index in [4.69, 9.17) is 4.74 Å². The number of esters is 1. The zero-order valence-electron chi connectivity index (χ0n) is 11.2. The number of carbonyl (C=O) groups excluding carboxylic acids is 1. The third kappa shape index (κ3) is 2.67. The van der Waals surface area contributed by atoms with Gasteiger partial charge in [0.05, 0.1) is 19.2 Å². The first kappa shape index (κ1) is 14.5. The monoisotopic (exact) mass is 339 g/mol. The normalized spacial score (nSPS) is 10.6. The molecule has 7 heteroatoms. The van der Waals surface area contributed by atoms with E-state index in [2.05, 4.69) is 21.0 Å². The lowest BCUT2D eigenvalue weighted by atomic mass is 10.1. The van der Waals surface area contributed by atoms with Crippen LogP contribution in [0.2, 0.25) is 0 Å². The highest BCUT2D eigenvalue weighted by atomic mass is 79.9. The summed E-state index contributed by atoms with van der Waals surface area (Å²) in [7, 11) is 1.33. The highest BCUT2D eigenvalue weighted by Gasteiger charge is 2.16. The van der Waals surface area contributed by atoms with Crippen LogP contribution < -0.4 is 5.69 Å². The number of halogens is 1. The minimum atomic E-state index is -0.433. The molecule has 0 radical (unpaired) electrons. The van der Waals surface area contributed by atoms with Crippen molar-refractivity contribution in [2.24, 2.45) is 0 Å². The number of hydrogen-bond acceptors (Lipinski definition) is 4. The van der Waals surface area contributed by atoms with Crippen molar-refractivity contribution >= 4 is 21.9 Å². The lowest BCUT2D eigenvalue weighted by molar-refractivity contribution is 0.0599. The van der Waals surface area contributed by atoms with Gasteiger partial charge in [0.1, 0.15) is 6.33 Å². The van der Waals surface area contributed by atoms with E-state index < -0.39 is 5.97 Å². The number of hydrogen-bond donors (Lipinski definition) is 0. The van der Waals surface area contributed by atoms with E-state index >= 15 is 0 Å². The van der Waals surface area contributed by atoms with Crippen LogP contribution >= 0.6 is 15.9 Å².